The van der Waals surface area contributed by atoms with Crippen molar-refractivity contribution < 1.29 is 4.79 Å². The lowest BCUT2D eigenvalue weighted by Crippen LogP contribution is -2.35. The summed E-state index contributed by atoms with van der Waals surface area (Å²) in [5.41, 5.74) is 0. The molecule has 0 bridgehead atoms. The Balaban J connectivity index is 1.92. The zero-order valence-corrected chi connectivity index (χ0v) is 12.2. The van der Waals surface area contributed by atoms with E-state index in [9.17, 15) is 4.79 Å². The van der Waals surface area contributed by atoms with E-state index in [1.165, 1.54) is 15.0 Å². The summed E-state index contributed by atoms with van der Waals surface area (Å²) in [5, 5.41) is 7.40. The first-order valence-corrected chi connectivity index (χ1v) is 7.51. The van der Waals surface area contributed by atoms with Gasteiger partial charge in [-0.15, -0.1) is 11.3 Å². The topological polar surface area (TPSA) is 41.1 Å². The molecule has 102 valence electrons. The monoisotopic (exact) mass is 276 g/mol. The molecule has 0 spiro atoms. The summed E-state index contributed by atoms with van der Waals surface area (Å²) in [4.78, 5) is 12.8. The number of benzene rings is 1. The lowest BCUT2D eigenvalue weighted by molar-refractivity contribution is -0.120. The molecular formula is C15H20N2OS. The number of carbonyl (C=O) groups excluding carboxylic acids is 1. The van der Waals surface area contributed by atoms with Crippen LogP contribution in [0.2, 0.25) is 0 Å². The van der Waals surface area contributed by atoms with Gasteiger partial charge < -0.3 is 10.6 Å². The van der Waals surface area contributed by atoms with Gasteiger partial charge >= 0.3 is 0 Å². The number of hydrogen-bond donors (Lipinski definition) is 2. The molecule has 0 aliphatic rings. The van der Waals surface area contributed by atoms with Gasteiger partial charge in [0.05, 0.1) is 6.54 Å². The van der Waals surface area contributed by atoms with Crippen LogP contribution >= 0.6 is 11.3 Å². The highest BCUT2D eigenvalue weighted by Gasteiger charge is 2.10. The van der Waals surface area contributed by atoms with Gasteiger partial charge in [-0.3, -0.25) is 4.79 Å². The van der Waals surface area contributed by atoms with Crippen LogP contribution in [0.3, 0.4) is 0 Å². The first-order chi connectivity index (χ1) is 9.20. The van der Waals surface area contributed by atoms with E-state index >= 15 is 0 Å². The van der Waals surface area contributed by atoms with Crippen LogP contribution in [0.1, 0.15) is 31.2 Å². The molecule has 4 heteroatoms. The molecule has 1 aromatic heterocycles. The molecule has 0 aliphatic heterocycles. The Morgan fingerprint density at radius 1 is 1.37 bits per heavy atom. The number of hydrogen-bond acceptors (Lipinski definition) is 3. The second-order valence-corrected chi connectivity index (χ2v) is 5.75. The molecule has 2 rings (SSSR count). The molecule has 3 nitrogen and oxygen atoms in total. The van der Waals surface area contributed by atoms with E-state index in [2.05, 4.69) is 47.9 Å². The van der Waals surface area contributed by atoms with Crippen molar-refractivity contribution in [2.24, 2.45) is 0 Å². The molecule has 1 amide bonds. The lowest BCUT2D eigenvalue weighted by Gasteiger charge is -2.11. The van der Waals surface area contributed by atoms with Gasteiger partial charge in [-0.1, -0.05) is 25.1 Å². The first-order valence-electron chi connectivity index (χ1n) is 6.69. The van der Waals surface area contributed by atoms with Gasteiger partial charge in [-0.2, -0.15) is 0 Å². The van der Waals surface area contributed by atoms with Gasteiger partial charge in [0.2, 0.25) is 5.91 Å². The summed E-state index contributed by atoms with van der Waals surface area (Å²) in [6, 6.07) is 10.8. The molecule has 2 aromatic rings. The van der Waals surface area contributed by atoms with E-state index in [0.717, 1.165) is 13.0 Å². The molecule has 1 aromatic carbocycles. The van der Waals surface area contributed by atoms with E-state index in [0.29, 0.717) is 6.54 Å². The van der Waals surface area contributed by atoms with Crippen LogP contribution in [-0.2, 0) is 4.79 Å². The summed E-state index contributed by atoms with van der Waals surface area (Å²) < 4.78 is 1.29. The van der Waals surface area contributed by atoms with Gasteiger partial charge in [-0.05, 0) is 30.9 Å². The minimum absolute atomic E-state index is 0.0646. The van der Waals surface area contributed by atoms with Crippen LogP contribution in [0.15, 0.2) is 30.3 Å². The van der Waals surface area contributed by atoms with Crippen LogP contribution in [0.25, 0.3) is 10.1 Å². The Bertz CT molecular complexity index is 517. The van der Waals surface area contributed by atoms with Crippen molar-refractivity contribution in [3.63, 3.8) is 0 Å². The van der Waals surface area contributed by atoms with Gasteiger partial charge in [-0.25, -0.2) is 0 Å². The fraction of sp³-hybridized carbons (Fsp3) is 0.400. The maximum atomic E-state index is 11.5. The van der Waals surface area contributed by atoms with E-state index in [1.807, 2.05) is 6.92 Å². The van der Waals surface area contributed by atoms with Crippen LogP contribution in [-0.4, -0.2) is 19.0 Å². The van der Waals surface area contributed by atoms with Crippen molar-refractivity contribution in [1.82, 2.24) is 10.6 Å². The predicted molar refractivity (Wildman–Crippen MR) is 81.5 cm³/mol. The number of fused-ring (bicyclic) bond motifs is 1. The highest BCUT2D eigenvalue weighted by molar-refractivity contribution is 7.19. The third-order valence-electron chi connectivity index (χ3n) is 3.01. The summed E-state index contributed by atoms with van der Waals surface area (Å²) in [7, 11) is 0. The maximum Gasteiger partial charge on any atom is 0.233 e. The average molecular weight is 276 g/mol. The normalized spacial score (nSPS) is 12.5. The molecule has 1 unspecified atom stereocenters. The standard InChI is InChI=1S/C15H20N2OS/c1-3-8-16-15(18)10-17-11(2)14-9-12-6-4-5-7-13(12)19-14/h4-7,9,11,17H,3,8,10H2,1-2H3,(H,16,18). The third-order valence-corrected chi connectivity index (χ3v) is 4.31. The van der Waals surface area contributed by atoms with Gasteiger partial charge in [0.25, 0.3) is 0 Å². The number of amides is 1. The van der Waals surface area contributed by atoms with Crippen LogP contribution < -0.4 is 10.6 Å². The molecule has 1 atom stereocenters. The summed E-state index contributed by atoms with van der Waals surface area (Å²) >= 11 is 1.78. The Morgan fingerprint density at radius 3 is 2.89 bits per heavy atom. The fourth-order valence-electron chi connectivity index (χ4n) is 1.89. The lowest BCUT2D eigenvalue weighted by atomic mass is 10.2. The molecule has 19 heavy (non-hydrogen) atoms. The molecule has 1 heterocycles. The van der Waals surface area contributed by atoms with Gasteiger partial charge in [0.1, 0.15) is 0 Å². The van der Waals surface area contributed by atoms with Crippen molar-refractivity contribution in [2.75, 3.05) is 13.1 Å². The Morgan fingerprint density at radius 2 is 2.16 bits per heavy atom. The van der Waals surface area contributed by atoms with E-state index in [4.69, 9.17) is 0 Å². The second kappa shape index (κ2) is 6.68. The Labute approximate surface area is 118 Å². The van der Waals surface area contributed by atoms with Crippen LogP contribution in [0.5, 0.6) is 0 Å². The van der Waals surface area contributed by atoms with Crippen molar-refractivity contribution in [2.45, 2.75) is 26.3 Å². The van der Waals surface area contributed by atoms with Crippen molar-refractivity contribution in [1.29, 1.82) is 0 Å². The molecule has 0 radical (unpaired) electrons. The van der Waals surface area contributed by atoms with Gasteiger partial charge in [0, 0.05) is 22.2 Å². The third kappa shape index (κ3) is 3.78. The summed E-state index contributed by atoms with van der Waals surface area (Å²) in [6.07, 6.45) is 0.970. The molecule has 0 fully saturated rings. The number of thiophene rings is 1. The maximum absolute atomic E-state index is 11.5. The highest BCUT2D eigenvalue weighted by Crippen LogP contribution is 2.29. The number of nitrogens with one attached hydrogen (secondary N) is 2. The Hall–Kier alpha value is -1.39. The molecule has 2 N–H and O–H groups in total. The number of carbonyl (C=O) groups is 1. The van der Waals surface area contributed by atoms with Crippen molar-refractivity contribution >= 4 is 27.3 Å². The van der Waals surface area contributed by atoms with E-state index in [-0.39, 0.29) is 11.9 Å². The second-order valence-electron chi connectivity index (χ2n) is 4.64. The zero-order chi connectivity index (χ0) is 13.7. The molecule has 0 saturated carbocycles. The number of rotatable bonds is 6. The van der Waals surface area contributed by atoms with E-state index < -0.39 is 0 Å². The minimum Gasteiger partial charge on any atom is -0.355 e. The van der Waals surface area contributed by atoms with Crippen molar-refractivity contribution in [3.8, 4) is 0 Å². The van der Waals surface area contributed by atoms with Crippen molar-refractivity contribution in [3.05, 3.63) is 35.2 Å². The minimum atomic E-state index is 0.0646. The SMILES string of the molecule is CCCNC(=O)CNC(C)c1cc2ccccc2s1. The predicted octanol–water partition coefficient (Wildman–Crippen LogP) is 3.08. The summed E-state index contributed by atoms with van der Waals surface area (Å²) in [6.45, 7) is 5.26. The smallest absolute Gasteiger partial charge is 0.233 e. The van der Waals surface area contributed by atoms with Gasteiger partial charge in [0.15, 0.2) is 0 Å². The van der Waals surface area contributed by atoms with Crippen LogP contribution in [0, 0.1) is 0 Å². The van der Waals surface area contributed by atoms with Crippen LogP contribution in [0.4, 0.5) is 0 Å². The largest absolute Gasteiger partial charge is 0.355 e. The average Bonchev–Trinajstić information content (AvgIpc) is 2.86. The molecule has 0 aliphatic carbocycles. The summed E-state index contributed by atoms with van der Waals surface area (Å²) in [5.74, 6) is 0.0646. The Kier molecular flexibility index (Phi) is 4.93. The fourth-order valence-corrected chi connectivity index (χ4v) is 2.98. The zero-order valence-electron chi connectivity index (χ0n) is 11.4. The molecular weight excluding hydrogens is 256 g/mol. The quantitative estimate of drug-likeness (QED) is 0.851. The first kappa shape index (κ1) is 14.0. The molecule has 0 saturated heterocycles. The highest BCUT2D eigenvalue weighted by atomic mass is 32.1. The van der Waals surface area contributed by atoms with E-state index in [1.54, 1.807) is 11.3 Å².